The number of aromatic carboxylic acids is 1. The number of benzene rings is 1. The molecule has 2 aromatic heterocycles. The van der Waals surface area contributed by atoms with E-state index in [0.29, 0.717) is 17.4 Å². The Morgan fingerprint density at radius 3 is 2.45 bits per heavy atom. The molecule has 3 heterocycles. The Kier molecular flexibility index (Phi) is 10.1. The van der Waals surface area contributed by atoms with Crippen LogP contribution in [0.2, 0.25) is 0 Å². The first-order valence-corrected chi connectivity index (χ1v) is 14.3. The molecular weight excluding hydrogens is 546 g/mol. The Balaban J connectivity index is 1.66. The van der Waals surface area contributed by atoms with Crippen molar-refractivity contribution in [2.45, 2.75) is 96.9 Å². The van der Waals surface area contributed by atoms with Gasteiger partial charge in [-0.15, -0.1) is 0 Å². The molecule has 1 aromatic carbocycles. The summed E-state index contributed by atoms with van der Waals surface area (Å²) < 4.78 is 28.9. The van der Waals surface area contributed by atoms with Crippen molar-refractivity contribution in [3.05, 3.63) is 62.8 Å². The SMILES string of the molecule is CCCCCCCc1cc(O[C@@H]2O[C@@H](C)[C@H](OC)[C@@H](OC(=O)c3ccc(C)[nH]3)[C@H]2O)c(C)c2oc(=O)c(C(=O)O)cc12. The largest absolute Gasteiger partial charge is 0.477 e. The van der Waals surface area contributed by atoms with E-state index in [1.807, 2.05) is 0 Å². The van der Waals surface area contributed by atoms with Gasteiger partial charge in [0, 0.05) is 23.8 Å². The van der Waals surface area contributed by atoms with Gasteiger partial charge >= 0.3 is 17.6 Å². The van der Waals surface area contributed by atoms with Crippen molar-refractivity contribution in [2.24, 2.45) is 0 Å². The second-order valence-corrected chi connectivity index (χ2v) is 10.8. The standard InChI is InChI=1S/C31H39NO10/c1-6-7-8-9-10-11-19-14-23(17(3)25-20(19)15-21(28(34)35)29(36)41-25)40-31-24(33)27(26(38-5)18(4)39-31)42-30(37)22-13-12-16(2)32-22/h12-15,18,24,26-27,31-33H,6-11H2,1-5H3,(H,34,35)/t18-,24+,26-,27-,31-/m0/s1. The number of esters is 1. The predicted octanol–water partition coefficient (Wildman–Crippen LogP) is 4.67. The highest BCUT2D eigenvalue weighted by atomic mass is 16.7. The lowest BCUT2D eigenvalue weighted by Gasteiger charge is -2.42. The van der Waals surface area contributed by atoms with Crippen molar-refractivity contribution < 1.29 is 43.2 Å². The maximum absolute atomic E-state index is 12.8. The molecule has 11 nitrogen and oxygen atoms in total. The number of carbonyl (C=O) groups is 2. The lowest BCUT2D eigenvalue weighted by molar-refractivity contribution is -0.272. The van der Waals surface area contributed by atoms with E-state index in [1.165, 1.54) is 13.2 Å². The number of carbonyl (C=O) groups excluding carboxylic acids is 1. The summed E-state index contributed by atoms with van der Waals surface area (Å²) in [6.07, 6.45) is 0.505. The number of aromatic nitrogens is 1. The molecule has 1 saturated heterocycles. The highest BCUT2D eigenvalue weighted by Gasteiger charge is 2.48. The number of aliphatic hydroxyl groups excluding tert-OH is 1. The summed E-state index contributed by atoms with van der Waals surface area (Å²) >= 11 is 0. The first kappa shape index (κ1) is 31.3. The van der Waals surface area contributed by atoms with Gasteiger partial charge in [-0.3, -0.25) is 0 Å². The minimum absolute atomic E-state index is 0.198. The quantitative estimate of drug-likeness (QED) is 0.155. The number of aromatic amines is 1. The number of hydrogen-bond donors (Lipinski definition) is 3. The second-order valence-electron chi connectivity index (χ2n) is 10.8. The number of H-pyrrole nitrogens is 1. The topological polar surface area (TPSA) is 158 Å². The number of carboxylic acid groups (broad SMARTS) is 1. The first-order chi connectivity index (χ1) is 20.0. The Labute approximate surface area is 243 Å². The summed E-state index contributed by atoms with van der Waals surface area (Å²) in [6.45, 7) is 7.34. The summed E-state index contributed by atoms with van der Waals surface area (Å²) in [5, 5.41) is 21.3. The summed E-state index contributed by atoms with van der Waals surface area (Å²) in [5.74, 6) is -1.74. The number of carboxylic acids is 1. The number of fused-ring (bicyclic) bond motifs is 1. The van der Waals surface area contributed by atoms with E-state index >= 15 is 0 Å². The van der Waals surface area contributed by atoms with Gasteiger partial charge in [0.25, 0.3) is 0 Å². The fourth-order valence-corrected chi connectivity index (χ4v) is 5.32. The number of aryl methyl sites for hydroxylation is 3. The molecule has 5 atom stereocenters. The van der Waals surface area contributed by atoms with Gasteiger partial charge in [-0.1, -0.05) is 32.6 Å². The number of rotatable bonds is 12. The minimum atomic E-state index is -1.43. The van der Waals surface area contributed by atoms with E-state index in [0.717, 1.165) is 43.4 Å². The van der Waals surface area contributed by atoms with Gasteiger partial charge in [-0.2, -0.15) is 0 Å². The van der Waals surface area contributed by atoms with Gasteiger partial charge in [0.1, 0.15) is 28.7 Å². The fraction of sp³-hybridized carbons (Fsp3) is 0.516. The molecule has 0 saturated carbocycles. The zero-order valence-electron chi connectivity index (χ0n) is 24.6. The number of nitrogens with one attached hydrogen (secondary N) is 1. The van der Waals surface area contributed by atoms with Crippen LogP contribution >= 0.6 is 0 Å². The highest BCUT2D eigenvalue weighted by Crippen LogP contribution is 2.35. The van der Waals surface area contributed by atoms with Crippen molar-refractivity contribution in [1.82, 2.24) is 4.98 Å². The number of aliphatic hydroxyl groups is 1. The first-order valence-electron chi connectivity index (χ1n) is 14.3. The van der Waals surface area contributed by atoms with Crippen LogP contribution in [0.4, 0.5) is 0 Å². The van der Waals surface area contributed by atoms with Gasteiger partial charge in [0.2, 0.25) is 6.29 Å². The van der Waals surface area contributed by atoms with E-state index in [-0.39, 0.29) is 17.0 Å². The summed E-state index contributed by atoms with van der Waals surface area (Å²) in [6, 6.07) is 6.43. The second kappa shape index (κ2) is 13.5. The highest BCUT2D eigenvalue weighted by molar-refractivity contribution is 5.94. The van der Waals surface area contributed by atoms with Crippen LogP contribution < -0.4 is 10.4 Å². The van der Waals surface area contributed by atoms with Crippen molar-refractivity contribution in [1.29, 1.82) is 0 Å². The third-order valence-electron chi connectivity index (χ3n) is 7.65. The average molecular weight is 586 g/mol. The van der Waals surface area contributed by atoms with Gasteiger partial charge in [0.15, 0.2) is 12.2 Å². The molecule has 11 heteroatoms. The monoisotopic (exact) mass is 585 g/mol. The molecule has 0 spiro atoms. The average Bonchev–Trinajstić information content (AvgIpc) is 3.39. The molecule has 228 valence electrons. The zero-order chi connectivity index (χ0) is 30.6. The fourth-order valence-electron chi connectivity index (χ4n) is 5.32. The van der Waals surface area contributed by atoms with Crippen molar-refractivity contribution in [2.75, 3.05) is 7.11 Å². The number of unbranched alkanes of at least 4 members (excludes halogenated alkanes) is 4. The molecule has 1 aliphatic rings. The molecule has 4 rings (SSSR count). The lowest BCUT2D eigenvalue weighted by Crippen LogP contribution is -2.60. The maximum Gasteiger partial charge on any atom is 0.355 e. The van der Waals surface area contributed by atoms with Crippen molar-refractivity contribution in [3.8, 4) is 5.75 Å². The third kappa shape index (κ3) is 6.69. The smallest absolute Gasteiger partial charge is 0.355 e. The predicted molar refractivity (Wildman–Crippen MR) is 153 cm³/mol. The van der Waals surface area contributed by atoms with Crippen LogP contribution in [0.3, 0.4) is 0 Å². The van der Waals surface area contributed by atoms with Gasteiger partial charge in [-0.25, -0.2) is 14.4 Å². The molecule has 3 aromatic rings. The lowest BCUT2D eigenvalue weighted by atomic mass is 9.97. The van der Waals surface area contributed by atoms with Gasteiger partial charge in [0.05, 0.1) is 6.10 Å². The van der Waals surface area contributed by atoms with E-state index in [1.54, 1.807) is 39.0 Å². The molecular formula is C31H39NO10. The molecule has 0 aliphatic carbocycles. The Hall–Kier alpha value is -3.67. The van der Waals surface area contributed by atoms with Crippen LogP contribution in [0.5, 0.6) is 5.75 Å². The normalized spacial score (nSPS) is 22.3. The van der Waals surface area contributed by atoms with Gasteiger partial charge < -0.3 is 38.6 Å². The molecule has 0 amide bonds. The molecule has 1 aliphatic heterocycles. The van der Waals surface area contributed by atoms with Crippen LogP contribution in [-0.4, -0.2) is 65.0 Å². The molecule has 1 fully saturated rings. The summed E-state index contributed by atoms with van der Waals surface area (Å²) in [5.41, 5.74) is 0.965. The molecule has 42 heavy (non-hydrogen) atoms. The number of methoxy groups -OCH3 is 1. The Bertz CT molecular complexity index is 1470. The minimum Gasteiger partial charge on any atom is -0.477 e. The van der Waals surface area contributed by atoms with E-state index in [9.17, 15) is 24.6 Å². The van der Waals surface area contributed by atoms with Crippen LogP contribution in [-0.2, 0) is 20.6 Å². The Morgan fingerprint density at radius 2 is 1.81 bits per heavy atom. The summed E-state index contributed by atoms with van der Waals surface area (Å²) in [7, 11) is 1.44. The van der Waals surface area contributed by atoms with E-state index in [4.69, 9.17) is 23.4 Å². The Morgan fingerprint density at radius 1 is 1.07 bits per heavy atom. The molecule has 3 N–H and O–H groups in total. The molecule has 0 unspecified atom stereocenters. The van der Waals surface area contributed by atoms with Crippen LogP contribution in [0.25, 0.3) is 11.0 Å². The van der Waals surface area contributed by atoms with E-state index < -0.39 is 53.8 Å². The maximum atomic E-state index is 12.8. The third-order valence-corrected chi connectivity index (χ3v) is 7.65. The molecule has 0 bridgehead atoms. The van der Waals surface area contributed by atoms with Crippen LogP contribution in [0.1, 0.15) is 83.6 Å². The van der Waals surface area contributed by atoms with Crippen LogP contribution in [0, 0.1) is 13.8 Å². The number of ether oxygens (including phenoxy) is 4. The van der Waals surface area contributed by atoms with Crippen LogP contribution in [0.15, 0.2) is 33.5 Å². The van der Waals surface area contributed by atoms with E-state index in [2.05, 4.69) is 11.9 Å². The van der Waals surface area contributed by atoms with Crippen molar-refractivity contribution in [3.63, 3.8) is 0 Å². The number of hydrogen-bond acceptors (Lipinski definition) is 9. The zero-order valence-corrected chi connectivity index (χ0v) is 24.6. The molecule has 0 radical (unpaired) electrons. The van der Waals surface area contributed by atoms with Gasteiger partial charge in [-0.05, 0) is 63.4 Å². The van der Waals surface area contributed by atoms with Crippen molar-refractivity contribution >= 4 is 22.9 Å². The summed E-state index contributed by atoms with van der Waals surface area (Å²) in [4.78, 5) is 39.9.